The molecule has 0 unspecified atom stereocenters. The molecule has 0 aromatic rings. The van der Waals surface area contributed by atoms with E-state index in [0.29, 0.717) is 106 Å². The van der Waals surface area contributed by atoms with Gasteiger partial charge in [-0.3, -0.25) is 14.5 Å². The molecule has 1 rings (SSSR count). The van der Waals surface area contributed by atoms with Crippen molar-refractivity contribution in [2.75, 3.05) is 119 Å². The third-order valence-corrected chi connectivity index (χ3v) is 4.43. The fourth-order valence-corrected chi connectivity index (χ4v) is 2.64. The second kappa shape index (κ2) is 24.8. The molecule has 0 fully saturated rings. The molecule has 12 heteroatoms. The van der Waals surface area contributed by atoms with Gasteiger partial charge < -0.3 is 42.6 Å². The van der Waals surface area contributed by atoms with Crippen LogP contribution in [-0.4, -0.2) is 136 Å². The van der Waals surface area contributed by atoms with Crippen LogP contribution in [-0.2, 0) is 52.2 Å². The van der Waals surface area contributed by atoms with Crippen LogP contribution >= 0.6 is 0 Å². The first-order valence-corrected chi connectivity index (χ1v) is 12.1. The highest BCUT2D eigenvalue weighted by atomic mass is 16.6. The molecule has 0 radical (unpaired) electrons. The van der Waals surface area contributed by atoms with Gasteiger partial charge >= 0.3 is 0 Å². The largest absolute Gasteiger partial charge is 0.499 e. The van der Waals surface area contributed by atoms with Gasteiger partial charge in [0.25, 0.3) is 11.8 Å². The summed E-state index contributed by atoms with van der Waals surface area (Å²) in [5.41, 5.74) is 0. The van der Waals surface area contributed by atoms with Gasteiger partial charge in [-0.1, -0.05) is 6.58 Å². The van der Waals surface area contributed by atoms with E-state index >= 15 is 0 Å². The van der Waals surface area contributed by atoms with E-state index < -0.39 is 0 Å². The highest BCUT2D eigenvalue weighted by molar-refractivity contribution is 6.12. The van der Waals surface area contributed by atoms with Gasteiger partial charge in [-0.15, -0.1) is 0 Å². The normalized spacial score (nSPS) is 13.2. The molecule has 1 aliphatic rings. The fourth-order valence-electron chi connectivity index (χ4n) is 2.64. The molecule has 36 heavy (non-hydrogen) atoms. The van der Waals surface area contributed by atoms with Crippen LogP contribution in [0.4, 0.5) is 0 Å². The fraction of sp³-hybridized carbons (Fsp3) is 0.750. The topological polar surface area (TPSA) is 120 Å². The molecular weight excluding hydrogens is 478 g/mol. The van der Waals surface area contributed by atoms with Crippen molar-refractivity contribution in [2.45, 2.75) is 0 Å². The van der Waals surface area contributed by atoms with Crippen LogP contribution in [0, 0.1) is 0 Å². The lowest BCUT2D eigenvalue weighted by Crippen LogP contribution is -2.33. The molecule has 0 aromatic carbocycles. The predicted octanol–water partition coefficient (Wildman–Crippen LogP) is 0.204. The zero-order chi connectivity index (χ0) is 25.9. The van der Waals surface area contributed by atoms with Gasteiger partial charge in [0, 0.05) is 12.2 Å². The van der Waals surface area contributed by atoms with E-state index in [1.54, 1.807) is 0 Å². The van der Waals surface area contributed by atoms with Gasteiger partial charge in [0.1, 0.15) is 6.61 Å². The summed E-state index contributed by atoms with van der Waals surface area (Å²) in [6.45, 7) is 11.7. The predicted molar refractivity (Wildman–Crippen MR) is 129 cm³/mol. The summed E-state index contributed by atoms with van der Waals surface area (Å²) in [6, 6.07) is 0. The van der Waals surface area contributed by atoms with Gasteiger partial charge in [0.2, 0.25) is 0 Å². The third kappa shape index (κ3) is 19.3. The molecule has 0 saturated carbocycles. The number of imide groups is 1. The second-order valence-electron chi connectivity index (χ2n) is 7.10. The first-order chi connectivity index (χ1) is 17.8. The molecular formula is C24H41NO11. The zero-order valence-corrected chi connectivity index (χ0v) is 21.1. The summed E-state index contributed by atoms with van der Waals surface area (Å²) in [5.74, 6) is -0.609. The molecule has 12 nitrogen and oxygen atoms in total. The SMILES string of the molecule is C=COCCOCCOCCOCCOCCOCCOCCOCCOCCN1C(=O)C=CC1=O. The Balaban J connectivity index is 1.65. The molecule has 0 aromatic heterocycles. The summed E-state index contributed by atoms with van der Waals surface area (Å²) < 4.78 is 48.0. The Kier molecular flexibility index (Phi) is 22.1. The Morgan fingerprint density at radius 3 is 1.08 bits per heavy atom. The number of carbonyl (C=O) groups is 2. The van der Waals surface area contributed by atoms with E-state index in [4.69, 9.17) is 42.6 Å². The average molecular weight is 520 g/mol. The third-order valence-electron chi connectivity index (χ3n) is 4.43. The van der Waals surface area contributed by atoms with Crippen molar-refractivity contribution >= 4 is 11.8 Å². The first kappa shape index (κ1) is 32.1. The van der Waals surface area contributed by atoms with Crippen molar-refractivity contribution in [3.63, 3.8) is 0 Å². The average Bonchev–Trinajstić information content (AvgIpc) is 3.20. The number of hydrogen-bond acceptors (Lipinski definition) is 11. The van der Waals surface area contributed by atoms with E-state index in [-0.39, 0.29) is 25.0 Å². The lowest BCUT2D eigenvalue weighted by molar-refractivity contribution is -0.137. The van der Waals surface area contributed by atoms with E-state index in [1.165, 1.54) is 18.4 Å². The standard InChI is InChI=1S/C24H41NO11/c1-2-28-7-8-30-11-12-32-15-16-34-19-20-36-22-21-35-18-17-33-14-13-31-10-9-29-6-5-25-23(26)3-4-24(25)27/h2-4H,1,5-22H2. The van der Waals surface area contributed by atoms with Crippen molar-refractivity contribution in [1.82, 2.24) is 4.90 Å². The molecule has 0 N–H and O–H groups in total. The lowest BCUT2D eigenvalue weighted by Gasteiger charge is -2.13. The maximum absolute atomic E-state index is 11.4. The van der Waals surface area contributed by atoms with Crippen LogP contribution < -0.4 is 0 Å². The molecule has 2 amide bonds. The van der Waals surface area contributed by atoms with Crippen LogP contribution in [0.25, 0.3) is 0 Å². The second-order valence-corrected chi connectivity index (χ2v) is 7.10. The van der Waals surface area contributed by atoms with E-state index in [1.807, 2.05) is 0 Å². The number of ether oxygens (including phenoxy) is 9. The highest BCUT2D eigenvalue weighted by Crippen LogP contribution is 2.02. The molecule has 0 spiro atoms. The van der Waals surface area contributed by atoms with Gasteiger partial charge in [-0.25, -0.2) is 0 Å². The number of amides is 2. The first-order valence-electron chi connectivity index (χ1n) is 12.1. The maximum atomic E-state index is 11.4. The molecule has 0 bridgehead atoms. The number of hydrogen-bond donors (Lipinski definition) is 0. The van der Waals surface area contributed by atoms with Crippen LogP contribution in [0.2, 0.25) is 0 Å². The summed E-state index contributed by atoms with van der Waals surface area (Å²) >= 11 is 0. The zero-order valence-electron chi connectivity index (χ0n) is 21.1. The van der Waals surface area contributed by atoms with Crippen molar-refractivity contribution in [2.24, 2.45) is 0 Å². The molecule has 1 heterocycles. The minimum absolute atomic E-state index is 0.243. The quantitative estimate of drug-likeness (QED) is 0.0801. The van der Waals surface area contributed by atoms with Crippen molar-refractivity contribution in [1.29, 1.82) is 0 Å². The Morgan fingerprint density at radius 2 is 0.778 bits per heavy atom. The summed E-state index contributed by atoms with van der Waals surface area (Å²) in [7, 11) is 0. The number of carbonyl (C=O) groups excluding carboxylic acids is 2. The van der Waals surface area contributed by atoms with Gasteiger partial charge in [0.15, 0.2) is 0 Å². The van der Waals surface area contributed by atoms with Crippen LogP contribution in [0.3, 0.4) is 0 Å². The monoisotopic (exact) mass is 519 g/mol. The summed E-state index contributed by atoms with van der Waals surface area (Å²) in [5, 5.41) is 0. The highest BCUT2D eigenvalue weighted by Gasteiger charge is 2.22. The Labute approximate surface area is 213 Å². The molecule has 208 valence electrons. The Bertz CT molecular complexity index is 570. The smallest absolute Gasteiger partial charge is 0.253 e. The Morgan fingerprint density at radius 1 is 0.500 bits per heavy atom. The summed E-state index contributed by atoms with van der Waals surface area (Å²) in [4.78, 5) is 23.9. The molecule has 0 saturated heterocycles. The van der Waals surface area contributed by atoms with Gasteiger partial charge in [0.05, 0.1) is 119 Å². The van der Waals surface area contributed by atoms with E-state index in [2.05, 4.69) is 6.58 Å². The number of rotatable bonds is 28. The minimum Gasteiger partial charge on any atom is -0.499 e. The number of nitrogens with zero attached hydrogens (tertiary/aromatic N) is 1. The van der Waals surface area contributed by atoms with Crippen molar-refractivity contribution < 1.29 is 52.2 Å². The van der Waals surface area contributed by atoms with E-state index in [0.717, 1.165) is 4.90 Å². The van der Waals surface area contributed by atoms with Crippen LogP contribution in [0.15, 0.2) is 25.0 Å². The summed E-state index contributed by atoms with van der Waals surface area (Å²) in [6.07, 6.45) is 3.90. The molecule has 1 aliphatic heterocycles. The lowest BCUT2D eigenvalue weighted by atomic mass is 10.5. The van der Waals surface area contributed by atoms with Crippen LogP contribution in [0.1, 0.15) is 0 Å². The van der Waals surface area contributed by atoms with Crippen LogP contribution in [0.5, 0.6) is 0 Å². The van der Waals surface area contributed by atoms with Gasteiger partial charge in [-0.05, 0) is 0 Å². The molecule has 0 aliphatic carbocycles. The van der Waals surface area contributed by atoms with Crippen molar-refractivity contribution in [3.8, 4) is 0 Å². The minimum atomic E-state index is -0.304. The molecule has 0 atom stereocenters. The Hall–Kier alpha value is -1.90. The maximum Gasteiger partial charge on any atom is 0.253 e. The van der Waals surface area contributed by atoms with Gasteiger partial charge in [-0.2, -0.15) is 0 Å². The van der Waals surface area contributed by atoms with Crippen molar-refractivity contribution in [3.05, 3.63) is 25.0 Å². The van der Waals surface area contributed by atoms with E-state index in [9.17, 15) is 9.59 Å².